The largest absolute Gasteiger partial charge is 0.506 e. The first kappa shape index (κ1) is 20.3. The van der Waals surface area contributed by atoms with Crippen LogP contribution in [0.3, 0.4) is 0 Å². The number of nitrogens with one attached hydrogen (secondary N) is 1. The van der Waals surface area contributed by atoms with Crippen molar-refractivity contribution in [3.8, 4) is 5.75 Å². The molecule has 0 bridgehead atoms. The van der Waals surface area contributed by atoms with Crippen molar-refractivity contribution in [3.63, 3.8) is 0 Å². The van der Waals surface area contributed by atoms with E-state index >= 15 is 0 Å². The minimum absolute atomic E-state index is 0.235. The van der Waals surface area contributed by atoms with E-state index < -0.39 is 5.54 Å². The molecule has 3 aromatic rings. The summed E-state index contributed by atoms with van der Waals surface area (Å²) in [5, 5.41) is 15.1. The standard InChI is InChI=1S/C25H26N4O3/c1-25(20-11-10-18-6-2-3-7-19(18)16-20)23(31)29(24(32)26-25)17-27-12-14-28(15-13-27)21-8-4-5-9-22(21)30/h2-11,16,30H,12-15,17H2,1H3,(H,26,32)/t25-/m0/s1. The fraction of sp³-hybridized carbons (Fsp3) is 0.280. The van der Waals surface area contributed by atoms with Crippen molar-refractivity contribution in [1.82, 2.24) is 15.1 Å². The molecule has 5 rings (SSSR count). The molecule has 2 aliphatic rings. The van der Waals surface area contributed by atoms with Gasteiger partial charge < -0.3 is 15.3 Å². The molecule has 2 N–H and O–H groups in total. The van der Waals surface area contributed by atoms with E-state index in [0.29, 0.717) is 26.2 Å². The van der Waals surface area contributed by atoms with Gasteiger partial charge in [-0.2, -0.15) is 0 Å². The quantitative estimate of drug-likeness (QED) is 0.622. The van der Waals surface area contributed by atoms with E-state index in [1.165, 1.54) is 4.90 Å². The van der Waals surface area contributed by atoms with Crippen molar-refractivity contribution in [3.05, 3.63) is 72.3 Å². The summed E-state index contributed by atoms with van der Waals surface area (Å²) >= 11 is 0. The van der Waals surface area contributed by atoms with Crippen molar-refractivity contribution < 1.29 is 14.7 Å². The molecule has 0 saturated carbocycles. The first-order valence-electron chi connectivity index (χ1n) is 10.8. The summed E-state index contributed by atoms with van der Waals surface area (Å²) in [7, 11) is 0. The van der Waals surface area contributed by atoms with Gasteiger partial charge in [0.2, 0.25) is 0 Å². The van der Waals surface area contributed by atoms with Gasteiger partial charge in [-0.15, -0.1) is 0 Å². The number of fused-ring (bicyclic) bond motifs is 1. The first-order chi connectivity index (χ1) is 15.5. The molecule has 32 heavy (non-hydrogen) atoms. The number of anilines is 1. The lowest BCUT2D eigenvalue weighted by Crippen LogP contribution is -2.51. The van der Waals surface area contributed by atoms with Crippen LogP contribution in [-0.2, 0) is 10.3 Å². The molecular formula is C25H26N4O3. The van der Waals surface area contributed by atoms with Crippen molar-refractivity contribution in [2.45, 2.75) is 12.5 Å². The van der Waals surface area contributed by atoms with Crippen molar-refractivity contribution in [2.24, 2.45) is 0 Å². The molecule has 2 aliphatic heterocycles. The summed E-state index contributed by atoms with van der Waals surface area (Å²) in [5.41, 5.74) is 0.506. The Balaban J connectivity index is 1.29. The molecule has 164 valence electrons. The molecule has 0 radical (unpaired) electrons. The Morgan fingerprint density at radius 1 is 0.906 bits per heavy atom. The van der Waals surface area contributed by atoms with Crippen LogP contribution in [0.5, 0.6) is 5.75 Å². The summed E-state index contributed by atoms with van der Waals surface area (Å²) in [4.78, 5) is 31.6. The zero-order valence-corrected chi connectivity index (χ0v) is 18.0. The highest BCUT2D eigenvalue weighted by molar-refractivity contribution is 6.07. The number of aromatic hydroxyl groups is 1. The van der Waals surface area contributed by atoms with Gasteiger partial charge in [-0.3, -0.25) is 9.69 Å². The summed E-state index contributed by atoms with van der Waals surface area (Å²) in [6.07, 6.45) is 0. The fourth-order valence-electron chi connectivity index (χ4n) is 4.58. The second-order valence-electron chi connectivity index (χ2n) is 8.59. The van der Waals surface area contributed by atoms with E-state index in [2.05, 4.69) is 15.1 Å². The molecule has 2 heterocycles. The lowest BCUT2D eigenvalue weighted by molar-refractivity contribution is -0.132. The van der Waals surface area contributed by atoms with E-state index in [9.17, 15) is 14.7 Å². The van der Waals surface area contributed by atoms with E-state index in [4.69, 9.17) is 0 Å². The van der Waals surface area contributed by atoms with E-state index in [-0.39, 0.29) is 24.4 Å². The summed E-state index contributed by atoms with van der Waals surface area (Å²) in [5.74, 6) is 0.0297. The third kappa shape index (κ3) is 3.44. The van der Waals surface area contributed by atoms with Gasteiger partial charge in [-0.05, 0) is 41.5 Å². The molecule has 2 fully saturated rings. The zero-order valence-electron chi connectivity index (χ0n) is 18.0. The van der Waals surface area contributed by atoms with Crippen LogP contribution in [0, 0.1) is 0 Å². The number of hydrogen-bond donors (Lipinski definition) is 2. The Morgan fingerprint density at radius 2 is 1.59 bits per heavy atom. The highest BCUT2D eigenvalue weighted by atomic mass is 16.3. The minimum Gasteiger partial charge on any atom is -0.506 e. The topological polar surface area (TPSA) is 76.1 Å². The van der Waals surface area contributed by atoms with Crippen LogP contribution in [0.4, 0.5) is 10.5 Å². The second-order valence-corrected chi connectivity index (χ2v) is 8.59. The summed E-state index contributed by atoms with van der Waals surface area (Å²) in [6.45, 7) is 4.83. The van der Waals surface area contributed by atoms with E-state index in [1.807, 2.05) is 54.6 Å². The van der Waals surface area contributed by atoms with Crippen LogP contribution in [0.15, 0.2) is 66.7 Å². The predicted octanol–water partition coefficient (Wildman–Crippen LogP) is 3.09. The Morgan fingerprint density at radius 3 is 2.34 bits per heavy atom. The number of benzene rings is 3. The number of urea groups is 1. The molecule has 0 aromatic heterocycles. The molecular weight excluding hydrogens is 404 g/mol. The lowest BCUT2D eigenvalue weighted by Gasteiger charge is -2.37. The molecule has 7 heteroatoms. The Kier molecular flexibility index (Phi) is 4.98. The number of imide groups is 1. The number of amides is 3. The van der Waals surface area contributed by atoms with Crippen LogP contribution in [0.2, 0.25) is 0 Å². The second kappa shape index (κ2) is 7.84. The first-order valence-corrected chi connectivity index (χ1v) is 10.8. The fourth-order valence-corrected chi connectivity index (χ4v) is 4.58. The number of hydrogen-bond acceptors (Lipinski definition) is 5. The maximum absolute atomic E-state index is 13.4. The molecule has 7 nitrogen and oxygen atoms in total. The highest BCUT2D eigenvalue weighted by Gasteiger charge is 2.49. The number of phenolic OH excluding ortho intramolecular Hbond substituents is 1. The highest BCUT2D eigenvalue weighted by Crippen LogP contribution is 2.32. The van der Waals surface area contributed by atoms with Gasteiger partial charge in [0.05, 0.1) is 12.4 Å². The lowest BCUT2D eigenvalue weighted by atomic mass is 9.90. The van der Waals surface area contributed by atoms with Gasteiger partial charge in [0.1, 0.15) is 11.3 Å². The summed E-state index contributed by atoms with van der Waals surface area (Å²) in [6, 6.07) is 20.8. The number of phenols is 1. The molecule has 0 aliphatic carbocycles. The molecule has 1 atom stereocenters. The van der Waals surface area contributed by atoms with E-state index in [1.54, 1.807) is 19.1 Å². The van der Waals surface area contributed by atoms with Crippen LogP contribution in [-0.4, -0.2) is 59.7 Å². The molecule has 0 unspecified atom stereocenters. The van der Waals surface area contributed by atoms with Gasteiger partial charge in [0, 0.05) is 26.2 Å². The number of para-hydroxylation sites is 2. The predicted molar refractivity (Wildman–Crippen MR) is 123 cm³/mol. The Hall–Kier alpha value is -3.58. The normalized spacial score (nSPS) is 21.9. The van der Waals surface area contributed by atoms with Gasteiger partial charge in [-0.25, -0.2) is 9.69 Å². The molecule has 2 saturated heterocycles. The minimum atomic E-state index is -1.08. The van der Waals surface area contributed by atoms with Gasteiger partial charge in [-0.1, -0.05) is 48.5 Å². The maximum atomic E-state index is 13.4. The van der Waals surface area contributed by atoms with Gasteiger partial charge in [0.15, 0.2) is 0 Å². The monoisotopic (exact) mass is 430 g/mol. The Bertz CT molecular complexity index is 1190. The SMILES string of the molecule is C[C@@]1(c2ccc3ccccc3c2)NC(=O)N(CN2CCN(c3ccccc3O)CC2)C1=O. The van der Waals surface area contributed by atoms with Crippen LogP contribution in [0.1, 0.15) is 12.5 Å². The number of carbonyl (C=O) groups is 2. The number of rotatable bonds is 4. The molecule has 0 spiro atoms. The molecule has 3 aromatic carbocycles. The number of nitrogens with zero attached hydrogens (tertiary/aromatic N) is 3. The van der Waals surface area contributed by atoms with Crippen LogP contribution >= 0.6 is 0 Å². The average Bonchev–Trinajstić information content (AvgIpc) is 3.03. The van der Waals surface area contributed by atoms with E-state index in [0.717, 1.165) is 22.0 Å². The summed E-state index contributed by atoms with van der Waals surface area (Å²) < 4.78 is 0. The van der Waals surface area contributed by atoms with Crippen molar-refractivity contribution >= 4 is 28.4 Å². The van der Waals surface area contributed by atoms with Crippen LogP contribution < -0.4 is 10.2 Å². The van der Waals surface area contributed by atoms with Gasteiger partial charge in [0.25, 0.3) is 5.91 Å². The molecule has 3 amide bonds. The average molecular weight is 431 g/mol. The van der Waals surface area contributed by atoms with Gasteiger partial charge >= 0.3 is 6.03 Å². The van der Waals surface area contributed by atoms with Crippen molar-refractivity contribution in [1.29, 1.82) is 0 Å². The number of piperazine rings is 1. The van der Waals surface area contributed by atoms with Crippen LogP contribution in [0.25, 0.3) is 10.8 Å². The smallest absolute Gasteiger partial charge is 0.326 e. The maximum Gasteiger partial charge on any atom is 0.326 e. The third-order valence-electron chi connectivity index (χ3n) is 6.54. The zero-order chi connectivity index (χ0) is 22.3. The third-order valence-corrected chi connectivity index (χ3v) is 6.54. The number of carbonyl (C=O) groups excluding carboxylic acids is 2. The van der Waals surface area contributed by atoms with Crippen molar-refractivity contribution in [2.75, 3.05) is 37.7 Å². The Labute approximate surface area is 186 Å².